The van der Waals surface area contributed by atoms with E-state index in [0.29, 0.717) is 0 Å². The molecule has 1 aromatic rings. The normalized spacial score (nSPS) is 16.6. The second-order valence-electron chi connectivity index (χ2n) is 4.24. The lowest BCUT2D eigenvalue weighted by atomic mass is 10.1. The number of hydrogen-bond donors (Lipinski definition) is 0. The number of benzene rings is 1. The third-order valence-electron chi connectivity index (χ3n) is 3.09. The fourth-order valence-electron chi connectivity index (χ4n) is 2.26. The van der Waals surface area contributed by atoms with Crippen LogP contribution in [-0.2, 0) is 0 Å². The number of nitrogens with zero attached hydrogens (tertiary/aromatic N) is 1. The van der Waals surface area contributed by atoms with Gasteiger partial charge in [-0.2, -0.15) is 4.58 Å². The van der Waals surface area contributed by atoms with Gasteiger partial charge >= 0.3 is 0 Å². The Hall–Kier alpha value is -0.760. The van der Waals surface area contributed by atoms with Crippen molar-refractivity contribution in [3.05, 3.63) is 24.3 Å². The molecule has 86 valence electrons. The first-order valence-corrected chi connectivity index (χ1v) is 7.13. The zero-order chi connectivity index (χ0) is 11.4. The lowest BCUT2D eigenvalue weighted by molar-refractivity contribution is -0.450. The van der Waals surface area contributed by atoms with E-state index >= 15 is 0 Å². The lowest BCUT2D eigenvalue weighted by Gasteiger charge is -2.14. The Morgan fingerprint density at radius 3 is 2.81 bits per heavy atom. The van der Waals surface area contributed by atoms with Gasteiger partial charge in [-0.3, -0.25) is 0 Å². The van der Waals surface area contributed by atoms with Gasteiger partial charge in [-0.05, 0) is 18.2 Å². The van der Waals surface area contributed by atoms with E-state index in [2.05, 4.69) is 42.7 Å². The summed E-state index contributed by atoms with van der Waals surface area (Å²) >= 11 is 1.94. The van der Waals surface area contributed by atoms with E-state index in [0.717, 1.165) is 5.75 Å². The molecule has 2 heteroatoms. The molecule has 0 saturated carbocycles. The fraction of sp³-hybridized carbons (Fsp3) is 0.500. The summed E-state index contributed by atoms with van der Waals surface area (Å²) in [7, 11) is 0. The molecule has 0 unspecified atom stereocenters. The maximum atomic E-state index is 2.50. The quantitative estimate of drug-likeness (QED) is 0.562. The van der Waals surface area contributed by atoms with Gasteiger partial charge in [-0.25, -0.2) is 0 Å². The van der Waals surface area contributed by atoms with Crippen LogP contribution in [0.2, 0.25) is 0 Å². The van der Waals surface area contributed by atoms with Crippen molar-refractivity contribution in [3.63, 3.8) is 0 Å². The SMILES string of the molecule is CCSc1ccccc1[N+]1=C(C)CCCC1. The van der Waals surface area contributed by atoms with Crippen molar-refractivity contribution in [3.8, 4) is 0 Å². The van der Waals surface area contributed by atoms with Crippen molar-refractivity contribution in [1.82, 2.24) is 0 Å². The van der Waals surface area contributed by atoms with Crippen molar-refractivity contribution in [2.45, 2.75) is 38.0 Å². The highest BCUT2D eigenvalue weighted by Gasteiger charge is 2.20. The molecular weight excluding hydrogens is 214 g/mol. The predicted octanol–water partition coefficient (Wildman–Crippen LogP) is 4.09. The average Bonchev–Trinajstić information content (AvgIpc) is 2.31. The van der Waals surface area contributed by atoms with Gasteiger partial charge in [-0.15, -0.1) is 11.8 Å². The van der Waals surface area contributed by atoms with E-state index < -0.39 is 0 Å². The molecular formula is C14H20NS+. The summed E-state index contributed by atoms with van der Waals surface area (Å²) in [5.74, 6) is 1.14. The van der Waals surface area contributed by atoms with Gasteiger partial charge in [0.05, 0.1) is 4.90 Å². The Labute approximate surface area is 103 Å². The zero-order valence-corrected chi connectivity index (χ0v) is 11.0. The molecule has 0 aromatic heterocycles. The average molecular weight is 234 g/mol. The molecule has 0 N–H and O–H groups in total. The number of hydrogen-bond acceptors (Lipinski definition) is 1. The standard InChI is InChI=1S/C14H20NS/c1-3-16-14-10-5-4-9-13(14)15-11-7-6-8-12(15)2/h4-5,9-10H,3,6-8,11H2,1-2H3/q+1. The molecule has 0 spiro atoms. The maximum absolute atomic E-state index is 2.50. The van der Waals surface area contributed by atoms with E-state index in [9.17, 15) is 0 Å². The minimum absolute atomic E-state index is 1.14. The molecule has 1 aromatic carbocycles. The van der Waals surface area contributed by atoms with E-state index in [1.807, 2.05) is 11.8 Å². The molecule has 2 rings (SSSR count). The van der Waals surface area contributed by atoms with Gasteiger partial charge in [0.1, 0.15) is 6.54 Å². The highest BCUT2D eigenvalue weighted by atomic mass is 32.2. The predicted molar refractivity (Wildman–Crippen MR) is 72.2 cm³/mol. The fourth-order valence-corrected chi connectivity index (χ4v) is 3.07. The van der Waals surface area contributed by atoms with Gasteiger partial charge < -0.3 is 0 Å². The van der Waals surface area contributed by atoms with Crippen molar-refractivity contribution in [2.75, 3.05) is 12.3 Å². The molecule has 1 heterocycles. The van der Waals surface area contributed by atoms with Crippen LogP contribution in [0.4, 0.5) is 5.69 Å². The van der Waals surface area contributed by atoms with Crippen LogP contribution in [0, 0.1) is 0 Å². The van der Waals surface area contributed by atoms with Gasteiger partial charge in [0.15, 0.2) is 5.71 Å². The van der Waals surface area contributed by atoms with E-state index in [-0.39, 0.29) is 0 Å². The smallest absolute Gasteiger partial charge is 0.199 e. The van der Waals surface area contributed by atoms with E-state index in [4.69, 9.17) is 0 Å². The minimum Gasteiger partial charge on any atom is -0.199 e. The van der Waals surface area contributed by atoms with E-state index in [1.54, 1.807) is 0 Å². The molecule has 0 fully saturated rings. The van der Waals surface area contributed by atoms with Crippen molar-refractivity contribution >= 4 is 23.2 Å². The molecule has 16 heavy (non-hydrogen) atoms. The van der Waals surface area contributed by atoms with Gasteiger partial charge in [0.25, 0.3) is 0 Å². The number of thioether (sulfide) groups is 1. The highest BCUT2D eigenvalue weighted by Crippen LogP contribution is 2.30. The highest BCUT2D eigenvalue weighted by molar-refractivity contribution is 7.99. The lowest BCUT2D eigenvalue weighted by Crippen LogP contribution is -2.21. The van der Waals surface area contributed by atoms with Crippen LogP contribution in [0.1, 0.15) is 33.1 Å². The summed E-state index contributed by atoms with van der Waals surface area (Å²) in [6.45, 7) is 5.67. The Balaban J connectivity index is 2.38. The maximum Gasteiger partial charge on any atom is 0.218 e. The second kappa shape index (κ2) is 5.53. The zero-order valence-electron chi connectivity index (χ0n) is 10.2. The summed E-state index contributed by atoms with van der Waals surface area (Å²) in [6, 6.07) is 8.79. The number of para-hydroxylation sites is 1. The van der Waals surface area contributed by atoms with Crippen LogP contribution < -0.4 is 0 Å². The molecule has 0 atom stereocenters. The largest absolute Gasteiger partial charge is 0.218 e. The monoisotopic (exact) mass is 234 g/mol. The molecule has 1 nitrogen and oxygen atoms in total. The first kappa shape index (κ1) is 11.7. The summed E-state index contributed by atoms with van der Waals surface area (Å²) in [5, 5.41) is 0. The Morgan fingerprint density at radius 1 is 1.25 bits per heavy atom. The summed E-state index contributed by atoms with van der Waals surface area (Å²) < 4.78 is 2.50. The van der Waals surface area contributed by atoms with Crippen molar-refractivity contribution < 1.29 is 4.58 Å². The van der Waals surface area contributed by atoms with Crippen LogP contribution in [0.15, 0.2) is 29.2 Å². The molecule has 0 aliphatic carbocycles. The van der Waals surface area contributed by atoms with Crippen molar-refractivity contribution in [2.24, 2.45) is 0 Å². The first-order chi connectivity index (χ1) is 7.83. The van der Waals surface area contributed by atoms with Crippen LogP contribution in [-0.4, -0.2) is 22.6 Å². The molecule has 0 bridgehead atoms. The molecule has 1 aliphatic rings. The third-order valence-corrected chi connectivity index (χ3v) is 4.03. The Kier molecular flexibility index (Phi) is 4.05. The molecule has 1 aliphatic heterocycles. The number of rotatable bonds is 3. The summed E-state index contributed by atoms with van der Waals surface area (Å²) in [5.41, 5.74) is 2.93. The topological polar surface area (TPSA) is 3.01 Å². The molecule has 0 radical (unpaired) electrons. The molecule has 0 saturated heterocycles. The van der Waals surface area contributed by atoms with Gasteiger partial charge in [-0.1, -0.05) is 19.1 Å². The van der Waals surface area contributed by atoms with Crippen LogP contribution >= 0.6 is 11.8 Å². The van der Waals surface area contributed by atoms with E-state index in [1.165, 1.54) is 42.1 Å². The Bertz CT molecular complexity index is 395. The first-order valence-electron chi connectivity index (χ1n) is 6.14. The summed E-state index contributed by atoms with van der Waals surface area (Å²) in [4.78, 5) is 1.42. The second-order valence-corrected chi connectivity index (χ2v) is 5.55. The summed E-state index contributed by atoms with van der Waals surface area (Å²) in [6.07, 6.45) is 3.93. The van der Waals surface area contributed by atoms with Gasteiger partial charge in [0.2, 0.25) is 5.69 Å². The molecule has 0 amide bonds. The van der Waals surface area contributed by atoms with Gasteiger partial charge in [0, 0.05) is 25.8 Å². The third kappa shape index (κ3) is 2.49. The minimum atomic E-state index is 1.14. The Morgan fingerprint density at radius 2 is 2.06 bits per heavy atom. The van der Waals surface area contributed by atoms with Crippen molar-refractivity contribution in [1.29, 1.82) is 0 Å². The van der Waals surface area contributed by atoms with Crippen LogP contribution in [0.25, 0.3) is 0 Å². The van der Waals surface area contributed by atoms with Crippen LogP contribution in [0.5, 0.6) is 0 Å². The van der Waals surface area contributed by atoms with Crippen LogP contribution in [0.3, 0.4) is 0 Å².